The Morgan fingerprint density at radius 2 is 1.29 bits per heavy atom. The lowest BCUT2D eigenvalue weighted by atomic mass is 9.67. The highest BCUT2D eigenvalue weighted by molar-refractivity contribution is 6.28. The van der Waals surface area contributed by atoms with Crippen LogP contribution in [0.15, 0.2) is 72.8 Å². The minimum absolute atomic E-state index is 0.110. The highest BCUT2D eigenvalue weighted by atomic mass is 35.5. The van der Waals surface area contributed by atoms with Crippen molar-refractivity contribution >= 4 is 11.6 Å². The molecule has 152 valence electrons. The Balaban J connectivity index is 1.51. The zero-order valence-electron chi connectivity index (χ0n) is 17.2. The quantitative estimate of drug-likeness (QED) is 0.345. The molecule has 1 spiro atoms. The van der Waals surface area contributed by atoms with Crippen LogP contribution in [-0.4, -0.2) is 15.0 Å². The van der Waals surface area contributed by atoms with Gasteiger partial charge in [-0.2, -0.15) is 9.97 Å². The molecule has 31 heavy (non-hydrogen) atoms. The fourth-order valence-electron chi connectivity index (χ4n) is 5.48. The first-order chi connectivity index (χ1) is 15.2. The van der Waals surface area contributed by atoms with Crippen LogP contribution in [0.25, 0.3) is 33.9 Å². The average molecular weight is 424 g/mol. The van der Waals surface area contributed by atoms with Crippen LogP contribution < -0.4 is 0 Å². The van der Waals surface area contributed by atoms with Crippen molar-refractivity contribution in [2.45, 2.75) is 37.5 Å². The van der Waals surface area contributed by atoms with Gasteiger partial charge in [0.1, 0.15) is 0 Å². The number of fused-ring (bicyclic) bond motifs is 5. The topological polar surface area (TPSA) is 38.7 Å². The minimum atomic E-state index is 0.110. The van der Waals surface area contributed by atoms with Gasteiger partial charge in [-0.1, -0.05) is 86.0 Å². The Hall–Kier alpha value is -3.04. The first-order valence-corrected chi connectivity index (χ1v) is 11.3. The largest absolute Gasteiger partial charge is 0.226 e. The summed E-state index contributed by atoms with van der Waals surface area (Å²) in [5.41, 5.74) is 7.68. The molecular weight excluding hydrogens is 402 g/mol. The molecule has 0 saturated heterocycles. The molecule has 3 aromatic carbocycles. The molecule has 2 aliphatic rings. The van der Waals surface area contributed by atoms with Crippen LogP contribution in [0, 0.1) is 0 Å². The van der Waals surface area contributed by atoms with Gasteiger partial charge in [-0.05, 0) is 52.8 Å². The Morgan fingerprint density at radius 1 is 0.613 bits per heavy atom. The van der Waals surface area contributed by atoms with Crippen LogP contribution in [0.1, 0.15) is 43.2 Å². The van der Waals surface area contributed by atoms with E-state index in [1.165, 1.54) is 54.4 Å². The molecule has 0 aliphatic heterocycles. The molecule has 4 heteroatoms. The van der Waals surface area contributed by atoms with Gasteiger partial charge in [0.25, 0.3) is 0 Å². The van der Waals surface area contributed by atoms with Crippen molar-refractivity contribution in [3.8, 4) is 33.9 Å². The molecule has 0 bridgehead atoms. The van der Waals surface area contributed by atoms with E-state index >= 15 is 0 Å². The second-order valence-corrected chi connectivity index (χ2v) is 8.90. The predicted octanol–water partition coefficient (Wildman–Crippen LogP) is 7.09. The Bertz CT molecular complexity index is 1280. The van der Waals surface area contributed by atoms with Gasteiger partial charge in [0.05, 0.1) is 0 Å². The van der Waals surface area contributed by atoms with Gasteiger partial charge in [0.2, 0.25) is 5.28 Å². The van der Waals surface area contributed by atoms with E-state index in [1.807, 2.05) is 30.3 Å². The summed E-state index contributed by atoms with van der Waals surface area (Å²) in [5, 5.41) is 0.222. The summed E-state index contributed by atoms with van der Waals surface area (Å²) < 4.78 is 0. The van der Waals surface area contributed by atoms with Gasteiger partial charge in [-0.15, -0.1) is 0 Å². The Labute approximate surface area is 187 Å². The maximum Gasteiger partial charge on any atom is 0.226 e. The SMILES string of the molecule is Clc1nc(-c2ccccc2)nc(-c2ccc3c(c2)C2(CCCCC2)c2ccccc2-3)n1. The first-order valence-electron chi connectivity index (χ1n) is 11.0. The van der Waals surface area contributed by atoms with E-state index in [1.54, 1.807) is 0 Å². The number of benzene rings is 3. The Morgan fingerprint density at radius 3 is 2.10 bits per heavy atom. The minimum Gasteiger partial charge on any atom is -0.208 e. The summed E-state index contributed by atoms with van der Waals surface area (Å²) in [6, 6.07) is 25.5. The van der Waals surface area contributed by atoms with Gasteiger partial charge in [0.15, 0.2) is 11.6 Å². The summed E-state index contributed by atoms with van der Waals surface area (Å²) in [4.78, 5) is 13.6. The van der Waals surface area contributed by atoms with E-state index in [9.17, 15) is 0 Å². The smallest absolute Gasteiger partial charge is 0.208 e. The van der Waals surface area contributed by atoms with Crippen molar-refractivity contribution in [2.24, 2.45) is 0 Å². The van der Waals surface area contributed by atoms with Gasteiger partial charge in [0, 0.05) is 16.5 Å². The van der Waals surface area contributed by atoms with Crippen molar-refractivity contribution in [2.75, 3.05) is 0 Å². The lowest BCUT2D eigenvalue weighted by molar-refractivity contribution is 0.353. The molecule has 6 rings (SSSR count). The molecule has 0 amide bonds. The second kappa shape index (κ2) is 7.28. The normalized spacial score (nSPS) is 16.2. The van der Waals surface area contributed by atoms with Crippen molar-refractivity contribution < 1.29 is 0 Å². The molecule has 1 saturated carbocycles. The molecule has 3 nitrogen and oxygen atoms in total. The zero-order valence-corrected chi connectivity index (χ0v) is 17.9. The fourth-order valence-corrected chi connectivity index (χ4v) is 5.64. The third-order valence-electron chi connectivity index (χ3n) is 6.87. The predicted molar refractivity (Wildman–Crippen MR) is 125 cm³/mol. The maximum absolute atomic E-state index is 6.32. The van der Waals surface area contributed by atoms with E-state index in [2.05, 4.69) is 52.4 Å². The number of aromatic nitrogens is 3. The van der Waals surface area contributed by atoms with Gasteiger partial charge < -0.3 is 0 Å². The van der Waals surface area contributed by atoms with Gasteiger partial charge >= 0.3 is 0 Å². The lowest BCUT2D eigenvalue weighted by Crippen LogP contribution is -2.28. The fraction of sp³-hybridized carbons (Fsp3) is 0.222. The van der Waals surface area contributed by atoms with Crippen molar-refractivity contribution in [1.82, 2.24) is 15.0 Å². The molecule has 2 aliphatic carbocycles. The van der Waals surface area contributed by atoms with Crippen molar-refractivity contribution in [3.63, 3.8) is 0 Å². The summed E-state index contributed by atoms with van der Waals surface area (Å²) in [6.45, 7) is 0. The van der Waals surface area contributed by atoms with E-state index in [0.29, 0.717) is 11.6 Å². The third kappa shape index (κ3) is 2.99. The van der Waals surface area contributed by atoms with Crippen molar-refractivity contribution in [1.29, 1.82) is 0 Å². The second-order valence-electron chi connectivity index (χ2n) is 8.57. The first kappa shape index (κ1) is 18.7. The number of halogens is 1. The number of nitrogens with zero attached hydrogens (tertiary/aromatic N) is 3. The van der Waals surface area contributed by atoms with Crippen LogP contribution in [-0.2, 0) is 5.41 Å². The molecule has 0 radical (unpaired) electrons. The summed E-state index contributed by atoms with van der Waals surface area (Å²) >= 11 is 6.32. The van der Waals surface area contributed by atoms with Crippen LogP contribution in [0.4, 0.5) is 0 Å². The molecule has 1 fully saturated rings. The van der Waals surface area contributed by atoms with E-state index in [-0.39, 0.29) is 10.7 Å². The van der Waals surface area contributed by atoms with Crippen LogP contribution in [0.2, 0.25) is 5.28 Å². The summed E-state index contributed by atoms with van der Waals surface area (Å²) in [6.07, 6.45) is 6.27. The molecule has 0 atom stereocenters. The molecular formula is C27H22ClN3. The van der Waals surface area contributed by atoms with Crippen molar-refractivity contribution in [3.05, 3.63) is 89.2 Å². The molecule has 4 aromatic rings. The van der Waals surface area contributed by atoms with Crippen LogP contribution >= 0.6 is 11.6 Å². The van der Waals surface area contributed by atoms with E-state index < -0.39 is 0 Å². The van der Waals surface area contributed by atoms with E-state index in [4.69, 9.17) is 16.6 Å². The molecule has 0 N–H and O–H groups in total. The van der Waals surface area contributed by atoms with Gasteiger partial charge in [-0.3, -0.25) is 0 Å². The van der Waals surface area contributed by atoms with Crippen LogP contribution in [0.3, 0.4) is 0 Å². The third-order valence-corrected chi connectivity index (χ3v) is 7.04. The van der Waals surface area contributed by atoms with Gasteiger partial charge in [-0.25, -0.2) is 4.98 Å². The Kier molecular flexibility index (Phi) is 4.39. The lowest BCUT2D eigenvalue weighted by Gasteiger charge is -2.36. The zero-order chi connectivity index (χ0) is 20.8. The molecule has 1 heterocycles. The van der Waals surface area contributed by atoms with Crippen LogP contribution in [0.5, 0.6) is 0 Å². The summed E-state index contributed by atoms with van der Waals surface area (Å²) in [5.74, 6) is 1.23. The highest BCUT2D eigenvalue weighted by Gasteiger charge is 2.43. The summed E-state index contributed by atoms with van der Waals surface area (Å²) in [7, 11) is 0. The monoisotopic (exact) mass is 423 g/mol. The molecule has 1 aromatic heterocycles. The highest BCUT2D eigenvalue weighted by Crippen LogP contribution is 2.56. The average Bonchev–Trinajstić information content (AvgIpc) is 3.09. The number of rotatable bonds is 2. The maximum atomic E-state index is 6.32. The van der Waals surface area contributed by atoms with E-state index in [0.717, 1.165) is 11.1 Å². The number of hydrogen-bond donors (Lipinski definition) is 0. The standard InChI is InChI=1S/C27H22ClN3/c28-26-30-24(18-9-3-1-4-10-18)29-25(31-26)19-13-14-21-20-11-5-6-12-22(20)27(23(21)17-19)15-7-2-8-16-27/h1,3-6,9-14,17H,2,7-8,15-16H2. The number of hydrogen-bond acceptors (Lipinski definition) is 3. The molecule has 0 unspecified atom stereocenters.